The second-order valence-electron chi connectivity index (χ2n) is 6.56. The number of rotatable bonds is 5. The summed E-state index contributed by atoms with van der Waals surface area (Å²) < 4.78 is 20.0. The number of fused-ring (bicyclic) bond motifs is 2. The fourth-order valence-corrected chi connectivity index (χ4v) is 3.09. The van der Waals surface area contributed by atoms with Crippen molar-refractivity contribution in [2.75, 3.05) is 7.11 Å². The smallest absolute Gasteiger partial charge is 0.275 e. The van der Waals surface area contributed by atoms with Gasteiger partial charge in [0.15, 0.2) is 17.1 Å². The van der Waals surface area contributed by atoms with Crippen molar-refractivity contribution in [3.8, 4) is 23.1 Å². The quantitative estimate of drug-likeness (QED) is 0.450. The van der Waals surface area contributed by atoms with Crippen LogP contribution < -0.4 is 9.47 Å². The van der Waals surface area contributed by atoms with Crippen molar-refractivity contribution in [2.45, 2.75) is 13.5 Å². The van der Waals surface area contributed by atoms with Crippen molar-refractivity contribution in [1.29, 1.82) is 0 Å². The Morgan fingerprint density at radius 1 is 1.14 bits per heavy atom. The lowest BCUT2D eigenvalue weighted by Crippen LogP contribution is -2.05. The van der Waals surface area contributed by atoms with Crippen LogP contribution in [-0.4, -0.2) is 41.6 Å². The molecule has 10 nitrogen and oxygen atoms in total. The molecule has 0 aliphatic heterocycles. The van der Waals surface area contributed by atoms with Crippen LogP contribution in [0.25, 0.3) is 28.2 Å². The van der Waals surface area contributed by atoms with Gasteiger partial charge in [-0.3, -0.25) is 0 Å². The minimum atomic E-state index is 0.236. The summed E-state index contributed by atoms with van der Waals surface area (Å²) in [5.41, 5.74) is 3.79. The summed E-state index contributed by atoms with van der Waals surface area (Å²) in [5.74, 6) is 1.88. The van der Waals surface area contributed by atoms with Gasteiger partial charge in [-0.15, -0.1) is 15.3 Å². The molecule has 0 aliphatic carbocycles. The summed E-state index contributed by atoms with van der Waals surface area (Å²) in [5, 5.41) is 16.8. The van der Waals surface area contributed by atoms with Crippen LogP contribution in [0.4, 0.5) is 0 Å². The molecule has 0 aliphatic rings. The summed E-state index contributed by atoms with van der Waals surface area (Å²) in [6.45, 7) is 2.04. The Morgan fingerprint density at radius 2 is 2.03 bits per heavy atom. The predicted octanol–water partition coefficient (Wildman–Crippen LogP) is 2.56. The zero-order chi connectivity index (χ0) is 20.0. The first kappa shape index (κ1) is 17.2. The van der Waals surface area contributed by atoms with Gasteiger partial charge in [0.05, 0.1) is 23.8 Å². The van der Waals surface area contributed by atoms with Crippen molar-refractivity contribution in [3.63, 3.8) is 0 Å². The lowest BCUT2D eigenvalue weighted by molar-refractivity contribution is 0.264. The van der Waals surface area contributed by atoms with E-state index in [4.69, 9.17) is 14.0 Å². The first-order valence-corrected chi connectivity index (χ1v) is 8.90. The number of ether oxygens (including phenoxy) is 2. The van der Waals surface area contributed by atoms with Crippen LogP contribution in [0.1, 0.15) is 11.5 Å². The van der Waals surface area contributed by atoms with Gasteiger partial charge in [-0.25, -0.2) is 4.98 Å². The van der Waals surface area contributed by atoms with E-state index in [0.29, 0.717) is 34.6 Å². The maximum Gasteiger partial charge on any atom is 0.275 e. The molecule has 5 heterocycles. The van der Waals surface area contributed by atoms with Gasteiger partial charge < -0.3 is 18.6 Å². The molecular formula is C19H17N7O3. The van der Waals surface area contributed by atoms with Crippen LogP contribution in [0.5, 0.6) is 11.6 Å². The number of nitrogens with zero attached hydrogens (tertiary/aromatic N) is 7. The van der Waals surface area contributed by atoms with Gasteiger partial charge in [-0.1, -0.05) is 5.16 Å². The van der Waals surface area contributed by atoms with E-state index in [0.717, 1.165) is 16.7 Å². The Bertz CT molecular complexity index is 1330. The summed E-state index contributed by atoms with van der Waals surface area (Å²) >= 11 is 0. The van der Waals surface area contributed by atoms with Gasteiger partial charge in [0, 0.05) is 25.4 Å². The first-order valence-electron chi connectivity index (χ1n) is 8.90. The average molecular weight is 391 g/mol. The number of methoxy groups -OCH3 is 1. The van der Waals surface area contributed by atoms with Crippen LogP contribution in [0.15, 0.2) is 41.1 Å². The normalized spacial score (nSPS) is 11.4. The fraction of sp³-hybridized carbons (Fsp3) is 0.211. The molecule has 0 N–H and O–H groups in total. The molecule has 0 amide bonds. The molecule has 0 fully saturated rings. The number of hydrogen-bond acceptors (Lipinski definition) is 8. The maximum atomic E-state index is 5.92. The van der Waals surface area contributed by atoms with Gasteiger partial charge >= 0.3 is 0 Å². The monoisotopic (exact) mass is 391 g/mol. The summed E-state index contributed by atoms with van der Waals surface area (Å²) in [6, 6.07) is 9.38. The Morgan fingerprint density at radius 3 is 2.83 bits per heavy atom. The average Bonchev–Trinajstić information content (AvgIpc) is 3.44. The van der Waals surface area contributed by atoms with Crippen LogP contribution in [0.3, 0.4) is 0 Å². The van der Waals surface area contributed by atoms with Gasteiger partial charge in [0.25, 0.3) is 5.88 Å². The third-order valence-corrected chi connectivity index (χ3v) is 4.56. The Hall–Kier alpha value is -3.95. The number of pyridine rings is 1. The molecule has 5 aromatic rings. The van der Waals surface area contributed by atoms with Gasteiger partial charge in [0.2, 0.25) is 5.82 Å². The molecule has 10 heteroatoms. The molecule has 0 spiro atoms. The molecule has 5 rings (SSSR count). The van der Waals surface area contributed by atoms with Gasteiger partial charge in [-0.05, 0) is 25.1 Å². The van der Waals surface area contributed by atoms with Gasteiger partial charge in [0.1, 0.15) is 12.4 Å². The second-order valence-corrected chi connectivity index (χ2v) is 6.56. The highest BCUT2D eigenvalue weighted by atomic mass is 16.5. The van der Waals surface area contributed by atoms with Gasteiger partial charge in [-0.2, -0.15) is 4.52 Å². The van der Waals surface area contributed by atoms with Crippen LogP contribution in [0, 0.1) is 6.92 Å². The predicted molar refractivity (Wildman–Crippen MR) is 103 cm³/mol. The molecule has 0 saturated carbocycles. The maximum absolute atomic E-state index is 5.92. The number of aromatic nitrogens is 7. The van der Waals surface area contributed by atoms with Crippen molar-refractivity contribution >= 4 is 16.7 Å². The third-order valence-electron chi connectivity index (χ3n) is 4.56. The highest BCUT2D eigenvalue weighted by Gasteiger charge is 2.18. The molecular weight excluding hydrogens is 374 g/mol. The molecule has 29 heavy (non-hydrogen) atoms. The highest BCUT2D eigenvalue weighted by molar-refractivity contribution is 5.75. The minimum Gasteiger partial charge on any atom is -0.491 e. The minimum absolute atomic E-state index is 0.236. The Labute approximate surface area is 164 Å². The molecule has 146 valence electrons. The lowest BCUT2D eigenvalue weighted by Gasteiger charge is -2.10. The number of aryl methyl sites for hydroxylation is 2. The van der Waals surface area contributed by atoms with E-state index in [1.807, 2.05) is 36.0 Å². The summed E-state index contributed by atoms with van der Waals surface area (Å²) in [6.07, 6.45) is 1.97. The van der Waals surface area contributed by atoms with Crippen LogP contribution in [-0.2, 0) is 13.7 Å². The van der Waals surface area contributed by atoms with E-state index in [-0.39, 0.29) is 6.61 Å². The Kier molecular flexibility index (Phi) is 3.90. The van der Waals surface area contributed by atoms with Crippen LogP contribution in [0.2, 0.25) is 0 Å². The fourth-order valence-electron chi connectivity index (χ4n) is 3.09. The zero-order valence-corrected chi connectivity index (χ0v) is 16.0. The van der Waals surface area contributed by atoms with E-state index in [1.54, 1.807) is 30.7 Å². The first-order chi connectivity index (χ1) is 14.1. The van der Waals surface area contributed by atoms with E-state index >= 15 is 0 Å². The van der Waals surface area contributed by atoms with Crippen molar-refractivity contribution in [3.05, 3.63) is 48.0 Å². The van der Waals surface area contributed by atoms with Crippen molar-refractivity contribution in [2.24, 2.45) is 7.05 Å². The summed E-state index contributed by atoms with van der Waals surface area (Å²) in [7, 11) is 3.53. The van der Waals surface area contributed by atoms with Crippen molar-refractivity contribution in [1.82, 2.24) is 34.5 Å². The number of hydrogen-bond donors (Lipinski definition) is 0. The van der Waals surface area contributed by atoms with E-state index in [1.165, 1.54) is 0 Å². The SMILES string of the molecule is COc1cc2nnc(-c3cc(C)on3)n2nc1OCc1ccc2c(ccn2C)n1. The molecule has 0 atom stereocenters. The van der Waals surface area contributed by atoms with Crippen molar-refractivity contribution < 1.29 is 14.0 Å². The largest absolute Gasteiger partial charge is 0.491 e. The zero-order valence-electron chi connectivity index (χ0n) is 16.0. The molecule has 0 aromatic carbocycles. The topological polar surface area (TPSA) is 105 Å². The van der Waals surface area contributed by atoms with E-state index < -0.39 is 0 Å². The second kappa shape index (κ2) is 6.59. The van der Waals surface area contributed by atoms with E-state index in [2.05, 4.69) is 25.4 Å². The molecule has 0 bridgehead atoms. The lowest BCUT2D eigenvalue weighted by atomic mass is 10.3. The molecule has 0 saturated heterocycles. The molecule has 5 aromatic heterocycles. The Balaban J connectivity index is 1.49. The van der Waals surface area contributed by atoms with E-state index in [9.17, 15) is 0 Å². The highest BCUT2D eigenvalue weighted by Crippen LogP contribution is 2.28. The standard InChI is InChI=1S/C19H17N7O3/c1-11-8-14(24-29-11)18-22-21-17-9-16(27-3)19(23-26(17)18)28-10-12-4-5-15-13(20-12)6-7-25(15)2/h4-9H,10H2,1-3H3. The molecule has 0 unspecified atom stereocenters. The molecule has 0 radical (unpaired) electrons. The summed E-state index contributed by atoms with van der Waals surface area (Å²) in [4.78, 5) is 4.62. The van der Waals surface area contributed by atoms with Crippen LogP contribution >= 0.6 is 0 Å². The third kappa shape index (κ3) is 2.94.